The van der Waals surface area contributed by atoms with E-state index in [1.165, 1.54) is 0 Å². The maximum atomic E-state index is 9.13. The van der Waals surface area contributed by atoms with Gasteiger partial charge in [0.1, 0.15) is 0 Å². The maximum absolute atomic E-state index is 9.13. The molecule has 0 rings (SSSR count). The third-order valence-electron chi connectivity index (χ3n) is 1.91. The van der Waals surface area contributed by atoms with Gasteiger partial charge < -0.3 is 10.2 Å². The lowest BCUT2D eigenvalue weighted by molar-refractivity contribution is 0.208. The molecule has 0 amide bonds. The molecule has 0 aromatic carbocycles. The van der Waals surface area contributed by atoms with E-state index in [1.54, 1.807) is 12.2 Å². The highest BCUT2D eigenvalue weighted by Crippen LogP contribution is 2.06. The standard InChI is InChI=1S/C11H20O2/c1-2-11(13)9-7-5-3-4-6-8-10-12/h2,6,8,11-13H,1,3-5,7,9-10H2. The summed E-state index contributed by atoms with van der Waals surface area (Å²) in [5, 5.41) is 17.6. The van der Waals surface area contributed by atoms with Gasteiger partial charge in [-0.1, -0.05) is 31.1 Å². The van der Waals surface area contributed by atoms with Crippen molar-refractivity contribution in [3.8, 4) is 0 Å². The van der Waals surface area contributed by atoms with Crippen LogP contribution in [-0.2, 0) is 0 Å². The molecule has 0 aromatic heterocycles. The topological polar surface area (TPSA) is 40.5 Å². The Bertz CT molecular complexity index is 141. The van der Waals surface area contributed by atoms with Crippen LogP contribution in [0.15, 0.2) is 24.8 Å². The summed E-state index contributed by atoms with van der Waals surface area (Å²) in [4.78, 5) is 0. The monoisotopic (exact) mass is 184 g/mol. The number of aliphatic hydroxyl groups excluding tert-OH is 2. The summed E-state index contributed by atoms with van der Waals surface area (Å²) in [6.45, 7) is 3.65. The van der Waals surface area contributed by atoms with Crippen molar-refractivity contribution in [2.75, 3.05) is 6.61 Å². The molecule has 2 heteroatoms. The largest absolute Gasteiger partial charge is 0.392 e. The van der Waals surface area contributed by atoms with Crippen molar-refractivity contribution in [2.24, 2.45) is 0 Å². The van der Waals surface area contributed by atoms with Crippen LogP contribution in [0.25, 0.3) is 0 Å². The summed E-state index contributed by atoms with van der Waals surface area (Å²) in [6.07, 6.45) is 10.1. The molecule has 2 N–H and O–H groups in total. The van der Waals surface area contributed by atoms with E-state index in [-0.39, 0.29) is 12.7 Å². The lowest BCUT2D eigenvalue weighted by atomic mass is 10.1. The highest BCUT2D eigenvalue weighted by atomic mass is 16.3. The van der Waals surface area contributed by atoms with Gasteiger partial charge in [-0.25, -0.2) is 0 Å². The van der Waals surface area contributed by atoms with Gasteiger partial charge in [0, 0.05) is 0 Å². The predicted molar refractivity (Wildman–Crippen MR) is 55.5 cm³/mol. The average Bonchev–Trinajstić information content (AvgIpc) is 2.16. The SMILES string of the molecule is C=CC(O)CCCCCC=CCO. The van der Waals surface area contributed by atoms with E-state index in [2.05, 4.69) is 6.58 Å². The quantitative estimate of drug-likeness (QED) is 0.447. The van der Waals surface area contributed by atoms with Gasteiger partial charge in [-0.2, -0.15) is 0 Å². The zero-order valence-corrected chi connectivity index (χ0v) is 8.15. The first-order valence-corrected chi connectivity index (χ1v) is 4.87. The van der Waals surface area contributed by atoms with Crippen LogP contribution >= 0.6 is 0 Å². The van der Waals surface area contributed by atoms with Crippen molar-refractivity contribution in [1.29, 1.82) is 0 Å². The zero-order chi connectivity index (χ0) is 9.94. The van der Waals surface area contributed by atoms with E-state index in [1.807, 2.05) is 6.08 Å². The van der Waals surface area contributed by atoms with E-state index in [9.17, 15) is 0 Å². The summed E-state index contributed by atoms with van der Waals surface area (Å²) in [5.41, 5.74) is 0. The Kier molecular flexibility index (Phi) is 9.05. The van der Waals surface area contributed by atoms with Crippen LogP contribution < -0.4 is 0 Å². The summed E-state index contributed by atoms with van der Waals surface area (Å²) in [6, 6.07) is 0. The number of unbranched alkanes of at least 4 members (excludes halogenated alkanes) is 3. The molecule has 1 unspecified atom stereocenters. The van der Waals surface area contributed by atoms with Crippen LogP contribution in [0.5, 0.6) is 0 Å². The third-order valence-corrected chi connectivity index (χ3v) is 1.91. The Morgan fingerprint density at radius 3 is 2.54 bits per heavy atom. The second-order valence-corrected chi connectivity index (χ2v) is 3.10. The lowest BCUT2D eigenvalue weighted by Gasteiger charge is -2.03. The molecule has 0 saturated carbocycles. The molecule has 0 aromatic rings. The molecular weight excluding hydrogens is 164 g/mol. The molecule has 2 nitrogen and oxygen atoms in total. The zero-order valence-electron chi connectivity index (χ0n) is 8.15. The highest BCUT2D eigenvalue weighted by Gasteiger charge is 1.96. The minimum atomic E-state index is -0.340. The number of hydrogen-bond acceptors (Lipinski definition) is 2. The lowest BCUT2D eigenvalue weighted by Crippen LogP contribution is -2.00. The van der Waals surface area contributed by atoms with Crippen LogP contribution in [0.1, 0.15) is 32.1 Å². The fraction of sp³-hybridized carbons (Fsp3) is 0.636. The molecule has 0 radical (unpaired) electrons. The van der Waals surface area contributed by atoms with Crippen molar-refractivity contribution in [1.82, 2.24) is 0 Å². The smallest absolute Gasteiger partial charge is 0.0718 e. The molecule has 0 heterocycles. The molecule has 0 saturated heterocycles. The third kappa shape index (κ3) is 9.31. The van der Waals surface area contributed by atoms with Crippen molar-refractivity contribution in [2.45, 2.75) is 38.2 Å². The van der Waals surface area contributed by atoms with Crippen molar-refractivity contribution < 1.29 is 10.2 Å². The Balaban J connectivity index is 3.08. The van der Waals surface area contributed by atoms with E-state index < -0.39 is 0 Å². The van der Waals surface area contributed by atoms with Crippen LogP contribution in [0.4, 0.5) is 0 Å². The maximum Gasteiger partial charge on any atom is 0.0718 e. The van der Waals surface area contributed by atoms with Crippen molar-refractivity contribution in [3.05, 3.63) is 24.8 Å². The number of rotatable bonds is 8. The fourth-order valence-corrected chi connectivity index (χ4v) is 1.10. The highest BCUT2D eigenvalue weighted by molar-refractivity contribution is 4.81. The van der Waals surface area contributed by atoms with E-state index >= 15 is 0 Å². The predicted octanol–water partition coefficient (Wildman–Crippen LogP) is 2.03. The minimum absolute atomic E-state index is 0.134. The number of hydrogen-bond donors (Lipinski definition) is 2. The second-order valence-electron chi connectivity index (χ2n) is 3.10. The van der Waals surface area contributed by atoms with Crippen molar-refractivity contribution >= 4 is 0 Å². The van der Waals surface area contributed by atoms with Crippen LogP contribution in [0, 0.1) is 0 Å². The molecule has 0 spiro atoms. The molecule has 0 aliphatic rings. The summed E-state index contributed by atoms with van der Waals surface area (Å²) in [7, 11) is 0. The molecule has 0 bridgehead atoms. The molecular formula is C11H20O2. The molecule has 0 fully saturated rings. The van der Waals surface area contributed by atoms with Crippen LogP contribution in [-0.4, -0.2) is 22.9 Å². The molecule has 76 valence electrons. The van der Waals surface area contributed by atoms with E-state index in [4.69, 9.17) is 10.2 Å². The molecule has 1 atom stereocenters. The van der Waals surface area contributed by atoms with Crippen molar-refractivity contribution in [3.63, 3.8) is 0 Å². The summed E-state index contributed by atoms with van der Waals surface area (Å²) in [5.74, 6) is 0. The Morgan fingerprint density at radius 1 is 1.15 bits per heavy atom. The van der Waals surface area contributed by atoms with Gasteiger partial charge >= 0.3 is 0 Å². The minimum Gasteiger partial charge on any atom is -0.392 e. The van der Waals surface area contributed by atoms with Gasteiger partial charge in [-0.15, -0.1) is 6.58 Å². The van der Waals surface area contributed by atoms with Crippen LogP contribution in [0.2, 0.25) is 0 Å². The van der Waals surface area contributed by atoms with E-state index in [0.717, 1.165) is 32.1 Å². The van der Waals surface area contributed by atoms with Gasteiger partial charge in [0.25, 0.3) is 0 Å². The Morgan fingerprint density at radius 2 is 1.92 bits per heavy atom. The molecule has 13 heavy (non-hydrogen) atoms. The van der Waals surface area contributed by atoms with Gasteiger partial charge in [-0.3, -0.25) is 0 Å². The summed E-state index contributed by atoms with van der Waals surface area (Å²) >= 11 is 0. The second kappa shape index (κ2) is 9.49. The van der Waals surface area contributed by atoms with Gasteiger partial charge in [-0.05, 0) is 19.3 Å². The fourth-order valence-electron chi connectivity index (χ4n) is 1.10. The van der Waals surface area contributed by atoms with Gasteiger partial charge in [0.15, 0.2) is 0 Å². The average molecular weight is 184 g/mol. The van der Waals surface area contributed by atoms with Crippen LogP contribution in [0.3, 0.4) is 0 Å². The summed E-state index contributed by atoms with van der Waals surface area (Å²) < 4.78 is 0. The van der Waals surface area contributed by atoms with Gasteiger partial charge in [0.2, 0.25) is 0 Å². The number of allylic oxidation sites excluding steroid dienone is 1. The molecule has 0 aliphatic carbocycles. The Hall–Kier alpha value is -0.600. The Labute approximate surface area is 80.6 Å². The first-order valence-electron chi connectivity index (χ1n) is 4.87. The van der Waals surface area contributed by atoms with E-state index in [0.29, 0.717) is 0 Å². The number of aliphatic hydroxyl groups is 2. The normalized spacial score (nSPS) is 13.4. The first kappa shape index (κ1) is 12.4. The van der Waals surface area contributed by atoms with Gasteiger partial charge in [0.05, 0.1) is 12.7 Å². The first-order chi connectivity index (χ1) is 6.31. The molecule has 0 aliphatic heterocycles.